The van der Waals surface area contributed by atoms with Crippen LogP contribution in [0.2, 0.25) is 5.02 Å². The first-order chi connectivity index (χ1) is 7.61. The van der Waals surface area contributed by atoms with Crippen molar-refractivity contribution in [1.82, 2.24) is 4.98 Å². The van der Waals surface area contributed by atoms with Gasteiger partial charge in [0.05, 0.1) is 17.6 Å². The molecule has 0 aliphatic carbocycles. The van der Waals surface area contributed by atoms with Gasteiger partial charge in [-0.2, -0.15) is 0 Å². The van der Waals surface area contributed by atoms with Crippen LogP contribution in [-0.4, -0.2) is 18.1 Å². The lowest BCUT2D eigenvalue weighted by atomic mass is 10.2. The van der Waals surface area contributed by atoms with E-state index in [-0.39, 0.29) is 10.7 Å². The first kappa shape index (κ1) is 10.8. The minimum Gasteiger partial charge on any atom is -0.464 e. The molecule has 0 bridgehead atoms. The molecule has 1 heterocycles. The molecule has 0 saturated heterocycles. The van der Waals surface area contributed by atoms with Crippen molar-refractivity contribution in [3.05, 3.63) is 40.8 Å². The lowest BCUT2D eigenvalue weighted by molar-refractivity contribution is 0.0594. The molecule has 1 aromatic carbocycles. The second kappa shape index (κ2) is 4.06. The van der Waals surface area contributed by atoms with Gasteiger partial charge in [0, 0.05) is 5.39 Å². The SMILES string of the molecule is COC(=O)c1cc(Cl)c2cc(F)ccc2n1. The number of aromatic nitrogens is 1. The van der Waals surface area contributed by atoms with Crippen molar-refractivity contribution < 1.29 is 13.9 Å². The molecular formula is C11H7ClFNO2. The van der Waals surface area contributed by atoms with E-state index in [1.165, 1.54) is 31.4 Å². The normalized spacial score (nSPS) is 10.4. The average molecular weight is 240 g/mol. The van der Waals surface area contributed by atoms with Crippen molar-refractivity contribution >= 4 is 28.5 Å². The highest BCUT2D eigenvalue weighted by Crippen LogP contribution is 2.24. The molecule has 0 fully saturated rings. The third kappa shape index (κ3) is 1.84. The Bertz CT molecular complexity index is 571. The summed E-state index contributed by atoms with van der Waals surface area (Å²) in [6, 6.07) is 5.34. The van der Waals surface area contributed by atoms with Gasteiger partial charge in [-0.25, -0.2) is 14.2 Å². The minimum absolute atomic E-state index is 0.103. The van der Waals surface area contributed by atoms with Crippen molar-refractivity contribution in [1.29, 1.82) is 0 Å². The van der Waals surface area contributed by atoms with E-state index >= 15 is 0 Å². The molecule has 0 atom stereocenters. The summed E-state index contributed by atoms with van der Waals surface area (Å²) in [5.41, 5.74) is 0.556. The van der Waals surface area contributed by atoms with Gasteiger partial charge in [-0.05, 0) is 24.3 Å². The number of carbonyl (C=O) groups excluding carboxylic acids is 1. The number of ether oxygens (including phenoxy) is 1. The quantitative estimate of drug-likeness (QED) is 0.719. The van der Waals surface area contributed by atoms with Crippen LogP contribution >= 0.6 is 11.6 Å². The monoisotopic (exact) mass is 239 g/mol. The number of carbonyl (C=O) groups is 1. The first-order valence-corrected chi connectivity index (χ1v) is 4.84. The molecule has 0 spiro atoms. The molecule has 5 heteroatoms. The van der Waals surface area contributed by atoms with Gasteiger partial charge in [-0.15, -0.1) is 0 Å². The van der Waals surface area contributed by atoms with E-state index in [9.17, 15) is 9.18 Å². The van der Waals surface area contributed by atoms with E-state index in [1.807, 2.05) is 0 Å². The summed E-state index contributed by atoms with van der Waals surface area (Å²) in [5, 5.41) is 0.735. The number of fused-ring (bicyclic) bond motifs is 1. The molecule has 16 heavy (non-hydrogen) atoms. The molecular weight excluding hydrogens is 233 g/mol. The molecule has 0 radical (unpaired) electrons. The van der Waals surface area contributed by atoms with Crippen LogP contribution in [0.3, 0.4) is 0 Å². The Morgan fingerprint density at radius 3 is 2.88 bits per heavy atom. The smallest absolute Gasteiger partial charge is 0.356 e. The second-order valence-corrected chi connectivity index (χ2v) is 3.55. The summed E-state index contributed by atoms with van der Waals surface area (Å²) in [7, 11) is 1.26. The van der Waals surface area contributed by atoms with Gasteiger partial charge in [-0.3, -0.25) is 0 Å². The molecule has 0 saturated carbocycles. The summed E-state index contributed by atoms with van der Waals surface area (Å²) in [4.78, 5) is 15.3. The van der Waals surface area contributed by atoms with E-state index in [0.29, 0.717) is 10.9 Å². The van der Waals surface area contributed by atoms with E-state index in [0.717, 1.165) is 0 Å². The summed E-state index contributed by atoms with van der Waals surface area (Å²) < 4.78 is 17.5. The Morgan fingerprint density at radius 2 is 2.19 bits per heavy atom. The Kier molecular flexibility index (Phi) is 2.75. The van der Waals surface area contributed by atoms with Crippen LogP contribution in [0.25, 0.3) is 10.9 Å². The van der Waals surface area contributed by atoms with Gasteiger partial charge in [-0.1, -0.05) is 11.6 Å². The van der Waals surface area contributed by atoms with E-state index in [2.05, 4.69) is 9.72 Å². The zero-order chi connectivity index (χ0) is 11.7. The van der Waals surface area contributed by atoms with Crippen molar-refractivity contribution in [2.75, 3.05) is 7.11 Å². The third-order valence-corrected chi connectivity index (χ3v) is 2.43. The van der Waals surface area contributed by atoms with Crippen molar-refractivity contribution in [2.45, 2.75) is 0 Å². The number of nitrogens with zero attached hydrogens (tertiary/aromatic N) is 1. The van der Waals surface area contributed by atoms with Crippen LogP contribution in [0.4, 0.5) is 4.39 Å². The summed E-state index contributed by atoms with van der Waals surface area (Å²) in [6.07, 6.45) is 0. The third-order valence-electron chi connectivity index (χ3n) is 2.11. The predicted molar refractivity (Wildman–Crippen MR) is 58.1 cm³/mol. The summed E-state index contributed by atoms with van der Waals surface area (Å²) in [5.74, 6) is -0.977. The topological polar surface area (TPSA) is 39.2 Å². The van der Waals surface area contributed by atoms with Crippen molar-refractivity contribution in [3.8, 4) is 0 Å². The zero-order valence-electron chi connectivity index (χ0n) is 8.33. The number of halogens is 2. The van der Waals surface area contributed by atoms with E-state index in [1.54, 1.807) is 0 Å². The average Bonchev–Trinajstić information content (AvgIpc) is 2.28. The summed E-state index contributed by atoms with van der Waals surface area (Å²) >= 11 is 5.92. The van der Waals surface area contributed by atoms with Gasteiger partial charge < -0.3 is 4.74 Å². The van der Waals surface area contributed by atoms with Crippen LogP contribution in [0, 0.1) is 5.82 Å². The van der Waals surface area contributed by atoms with Crippen molar-refractivity contribution in [2.24, 2.45) is 0 Å². The number of methoxy groups -OCH3 is 1. The zero-order valence-corrected chi connectivity index (χ0v) is 9.08. The number of esters is 1. The number of benzene rings is 1. The van der Waals surface area contributed by atoms with E-state index in [4.69, 9.17) is 11.6 Å². The van der Waals surface area contributed by atoms with E-state index < -0.39 is 11.8 Å². The number of rotatable bonds is 1. The maximum absolute atomic E-state index is 13.0. The first-order valence-electron chi connectivity index (χ1n) is 4.46. The molecule has 2 rings (SSSR count). The van der Waals surface area contributed by atoms with Crippen LogP contribution in [-0.2, 0) is 4.74 Å². The van der Waals surface area contributed by atoms with Crippen LogP contribution in [0.15, 0.2) is 24.3 Å². The van der Waals surface area contributed by atoms with Crippen LogP contribution in [0.1, 0.15) is 10.5 Å². The molecule has 1 aromatic heterocycles. The molecule has 0 aliphatic rings. The Hall–Kier alpha value is -1.68. The predicted octanol–water partition coefficient (Wildman–Crippen LogP) is 2.81. The fraction of sp³-hybridized carbons (Fsp3) is 0.0909. The molecule has 2 aromatic rings. The highest BCUT2D eigenvalue weighted by molar-refractivity contribution is 6.35. The van der Waals surface area contributed by atoms with Crippen LogP contribution in [0.5, 0.6) is 0 Å². The molecule has 82 valence electrons. The standard InChI is InChI=1S/C11H7ClFNO2/c1-16-11(15)10-5-8(12)7-4-6(13)2-3-9(7)14-10/h2-5H,1H3. The van der Waals surface area contributed by atoms with Gasteiger partial charge in [0.2, 0.25) is 0 Å². The molecule has 0 aliphatic heterocycles. The molecule has 0 amide bonds. The number of hydrogen-bond acceptors (Lipinski definition) is 3. The highest BCUT2D eigenvalue weighted by Gasteiger charge is 2.11. The lowest BCUT2D eigenvalue weighted by Gasteiger charge is -2.03. The number of pyridine rings is 1. The van der Waals surface area contributed by atoms with Gasteiger partial charge in [0.1, 0.15) is 5.82 Å². The maximum atomic E-state index is 13.0. The Balaban J connectivity index is 2.68. The fourth-order valence-electron chi connectivity index (χ4n) is 1.37. The fourth-order valence-corrected chi connectivity index (χ4v) is 1.62. The largest absolute Gasteiger partial charge is 0.464 e. The Morgan fingerprint density at radius 1 is 1.44 bits per heavy atom. The molecule has 0 unspecified atom stereocenters. The summed E-state index contributed by atoms with van der Waals surface area (Å²) in [6.45, 7) is 0. The number of hydrogen-bond donors (Lipinski definition) is 0. The highest BCUT2D eigenvalue weighted by atomic mass is 35.5. The lowest BCUT2D eigenvalue weighted by Crippen LogP contribution is -2.04. The van der Waals surface area contributed by atoms with Gasteiger partial charge in [0.15, 0.2) is 5.69 Å². The van der Waals surface area contributed by atoms with Gasteiger partial charge >= 0.3 is 5.97 Å². The second-order valence-electron chi connectivity index (χ2n) is 3.14. The molecule has 3 nitrogen and oxygen atoms in total. The molecule has 0 N–H and O–H groups in total. The Labute approximate surface area is 95.8 Å². The van der Waals surface area contributed by atoms with Gasteiger partial charge in [0.25, 0.3) is 0 Å². The van der Waals surface area contributed by atoms with Crippen molar-refractivity contribution in [3.63, 3.8) is 0 Å². The van der Waals surface area contributed by atoms with Crippen LogP contribution < -0.4 is 0 Å². The minimum atomic E-state index is -0.576. The maximum Gasteiger partial charge on any atom is 0.356 e.